The number of aromatic nitrogens is 4. The smallest absolute Gasteiger partial charge is 0.258 e. The van der Waals surface area contributed by atoms with Gasteiger partial charge in [0.05, 0.1) is 11.0 Å². The van der Waals surface area contributed by atoms with Gasteiger partial charge in [0.2, 0.25) is 0 Å². The molecule has 0 bridgehead atoms. The lowest BCUT2D eigenvalue weighted by Crippen LogP contribution is -1.99. The summed E-state index contributed by atoms with van der Waals surface area (Å²) >= 11 is 0. The molecule has 2 rings (SSSR count). The number of nitrogens with zero attached hydrogens (tertiary/aromatic N) is 5. The summed E-state index contributed by atoms with van der Waals surface area (Å²) in [7, 11) is 0. The van der Waals surface area contributed by atoms with E-state index in [9.17, 15) is 14.5 Å². The summed E-state index contributed by atoms with van der Waals surface area (Å²) < 4.78 is 14.4. The fourth-order valence-electron chi connectivity index (χ4n) is 1.07. The Morgan fingerprint density at radius 1 is 1.47 bits per heavy atom. The number of hydrogen-bond donors (Lipinski definition) is 0. The van der Waals surface area contributed by atoms with Gasteiger partial charge >= 0.3 is 0 Å². The lowest BCUT2D eigenvalue weighted by Gasteiger charge is -2.00. The van der Waals surface area contributed by atoms with Crippen LogP contribution in [0.25, 0.3) is 5.69 Å². The van der Waals surface area contributed by atoms with E-state index in [1.54, 1.807) is 0 Å². The van der Waals surface area contributed by atoms with Crippen LogP contribution in [0.15, 0.2) is 24.5 Å². The summed E-state index contributed by atoms with van der Waals surface area (Å²) in [4.78, 5) is 9.67. The van der Waals surface area contributed by atoms with E-state index in [-0.39, 0.29) is 11.4 Å². The van der Waals surface area contributed by atoms with Crippen LogP contribution in [0.2, 0.25) is 0 Å². The second-order valence-corrected chi connectivity index (χ2v) is 2.65. The number of nitro groups is 1. The maximum atomic E-state index is 13.4. The van der Waals surface area contributed by atoms with Gasteiger partial charge < -0.3 is 0 Å². The highest BCUT2D eigenvalue weighted by atomic mass is 19.1. The van der Waals surface area contributed by atoms with Crippen LogP contribution < -0.4 is 0 Å². The van der Waals surface area contributed by atoms with Crippen molar-refractivity contribution in [1.29, 1.82) is 0 Å². The molecule has 0 aliphatic carbocycles. The van der Waals surface area contributed by atoms with E-state index >= 15 is 0 Å². The first-order valence-electron chi connectivity index (χ1n) is 3.86. The van der Waals surface area contributed by atoms with E-state index in [1.807, 2.05) is 0 Å². The minimum atomic E-state index is -0.753. The molecule has 1 aromatic heterocycles. The van der Waals surface area contributed by atoms with Crippen molar-refractivity contribution in [1.82, 2.24) is 20.2 Å². The first-order chi connectivity index (χ1) is 7.18. The maximum absolute atomic E-state index is 13.4. The van der Waals surface area contributed by atoms with Gasteiger partial charge in [0.1, 0.15) is 12.0 Å². The van der Waals surface area contributed by atoms with Crippen molar-refractivity contribution in [2.45, 2.75) is 0 Å². The summed E-state index contributed by atoms with van der Waals surface area (Å²) in [5.41, 5.74) is -0.255. The highest BCUT2D eigenvalue weighted by Crippen LogP contribution is 2.18. The van der Waals surface area contributed by atoms with Gasteiger partial charge in [-0.05, 0) is 16.5 Å². The number of non-ortho nitro benzene ring substituents is 1. The molecule has 2 aromatic rings. The summed E-state index contributed by atoms with van der Waals surface area (Å²) in [5.74, 6) is -0.753. The van der Waals surface area contributed by atoms with Crippen LogP contribution in [-0.2, 0) is 0 Å². The summed E-state index contributed by atoms with van der Waals surface area (Å²) in [6, 6.07) is 3.24. The van der Waals surface area contributed by atoms with Gasteiger partial charge in [0.15, 0.2) is 5.82 Å². The standard InChI is InChI=1S/C7H4FN5O2/c8-6-3-5(13(14)15)1-2-7(6)12-4-9-10-11-12/h1-4H. The molecule has 0 unspecified atom stereocenters. The zero-order valence-corrected chi connectivity index (χ0v) is 7.24. The first-order valence-corrected chi connectivity index (χ1v) is 3.86. The van der Waals surface area contributed by atoms with Gasteiger partial charge in [-0.3, -0.25) is 10.1 Å². The van der Waals surface area contributed by atoms with E-state index in [4.69, 9.17) is 0 Å². The molecular weight excluding hydrogens is 205 g/mol. The topological polar surface area (TPSA) is 86.7 Å². The average molecular weight is 209 g/mol. The van der Waals surface area contributed by atoms with Crippen LogP contribution in [0, 0.1) is 15.9 Å². The molecule has 0 amide bonds. The van der Waals surface area contributed by atoms with Crippen LogP contribution in [0.4, 0.5) is 10.1 Å². The monoisotopic (exact) mass is 209 g/mol. The fourth-order valence-corrected chi connectivity index (χ4v) is 1.07. The van der Waals surface area contributed by atoms with Gasteiger partial charge in [-0.15, -0.1) is 5.10 Å². The molecule has 0 saturated carbocycles. The van der Waals surface area contributed by atoms with Crippen LogP contribution in [0.1, 0.15) is 0 Å². The van der Waals surface area contributed by atoms with Crippen LogP contribution >= 0.6 is 0 Å². The lowest BCUT2D eigenvalue weighted by atomic mass is 10.3. The molecular formula is C7H4FN5O2. The van der Waals surface area contributed by atoms with E-state index in [0.29, 0.717) is 0 Å². The lowest BCUT2D eigenvalue weighted by molar-refractivity contribution is -0.385. The van der Waals surface area contributed by atoms with Gasteiger partial charge in [0, 0.05) is 6.07 Å². The van der Waals surface area contributed by atoms with Crippen LogP contribution in [0.3, 0.4) is 0 Å². The summed E-state index contributed by atoms with van der Waals surface area (Å²) in [5, 5.41) is 20.5. The Hall–Kier alpha value is -2.38. The van der Waals surface area contributed by atoms with Crippen molar-refractivity contribution in [2.75, 3.05) is 0 Å². The minimum absolute atomic E-state index is 0.0607. The van der Waals surface area contributed by atoms with E-state index in [1.165, 1.54) is 18.5 Å². The Bertz CT molecular complexity index is 498. The zero-order chi connectivity index (χ0) is 10.8. The third-order valence-corrected chi connectivity index (χ3v) is 1.74. The second kappa shape index (κ2) is 3.40. The third-order valence-electron chi connectivity index (χ3n) is 1.74. The quantitative estimate of drug-likeness (QED) is 0.536. The normalized spacial score (nSPS) is 10.2. The van der Waals surface area contributed by atoms with Gasteiger partial charge in [-0.1, -0.05) is 0 Å². The van der Waals surface area contributed by atoms with Crippen molar-refractivity contribution in [3.8, 4) is 5.69 Å². The highest BCUT2D eigenvalue weighted by molar-refractivity contribution is 5.41. The number of halogens is 1. The summed E-state index contributed by atoms with van der Waals surface area (Å²) in [6.07, 6.45) is 1.20. The molecule has 0 fully saturated rings. The Morgan fingerprint density at radius 3 is 2.80 bits per heavy atom. The van der Waals surface area contributed by atoms with Crippen molar-refractivity contribution in [3.05, 3.63) is 40.5 Å². The average Bonchev–Trinajstić information content (AvgIpc) is 2.70. The number of hydrogen-bond acceptors (Lipinski definition) is 5. The Balaban J connectivity index is 2.48. The predicted octanol–water partition coefficient (Wildman–Crippen LogP) is 0.710. The van der Waals surface area contributed by atoms with Gasteiger partial charge in [0.25, 0.3) is 5.69 Å². The molecule has 0 aliphatic rings. The zero-order valence-electron chi connectivity index (χ0n) is 7.24. The number of tetrazole rings is 1. The Morgan fingerprint density at radius 2 is 2.27 bits per heavy atom. The van der Waals surface area contributed by atoms with E-state index in [2.05, 4.69) is 15.5 Å². The molecule has 1 aromatic carbocycles. The maximum Gasteiger partial charge on any atom is 0.272 e. The second-order valence-electron chi connectivity index (χ2n) is 2.65. The van der Waals surface area contributed by atoms with Crippen molar-refractivity contribution < 1.29 is 9.31 Å². The van der Waals surface area contributed by atoms with Gasteiger partial charge in [-0.2, -0.15) is 4.68 Å². The Kier molecular flexibility index (Phi) is 2.08. The van der Waals surface area contributed by atoms with E-state index in [0.717, 1.165) is 10.7 Å². The molecule has 1 heterocycles. The molecule has 0 aliphatic heterocycles. The summed E-state index contributed by atoms with van der Waals surface area (Å²) in [6.45, 7) is 0. The molecule has 0 N–H and O–H groups in total. The SMILES string of the molecule is O=[N+]([O-])c1ccc(-n2cnnn2)c(F)c1. The van der Waals surface area contributed by atoms with Crippen molar-refractivity contribution in [3.63, 3.8) is 0 Å². The fraction of sp³-hybridized carbons (Fsp3) is 0. The highest BCUT2D eigenvalue weighted by Gasteiger charge is 2.12. The van der Waals surface area contributed by atoms with Gasteiger partial charge in [-0.25, -0.2) is 4.39 Å². The number of benzene rings is 1. The third kappa shape index (κ3) is 1.64. The number of rotatable bonds is 2. The molecule has 7 nitrogen and oxygen atoms in total. The van der Waals surface area contributed by atoms with Crippen LogP contribution in [0.5, 0.6) is 0 Å². The first kappa shape index (κ1) is 9.19. The largest absolute Gasteiger partial charge is 0.272 e. The minimum Gasteiger partial charge on any atom is -0.258 e. The number of nitro benzene ring substituents is 1. The Labute approximate surface area is 82.3 Å². The molecule has 8 heteroatoms. The van der Waals surface area contributed by atoms with E-state index < -0.39 is 10.7 Å². The molecule has 76 valence electrons. The predicted molar refractivity (Wildman–Crippen MR) is 45.8 cm³/mol. The molecule has 0 spiro atoms. The molecule has 0 radical (unpaired) electrons. The van der Waals surface area contributed by atoms with Crippen molar-refractivity contribution in [2.24, 2.45) is 0 Å². The van der Waals surface area contributed by atoms with Crippen molar-refractivity contribution >= 4 is 5.69 Å². The molecule has 0 atom stereocenters. The molecule has 0 saturated heterocycles. The van der Waals surface area contributed by atoms with Crippen LogP contribution in [-0.4, -0.2) is 25.1 Å². The molecule has 15 heavy (non-hydrogen) atoms.